The summed E-state index contributed by atoms with van der Waals surface area (Å²) in [4.78, 5) is 0. The molecule has 1 aromatic rings. The van der Waals surface area contributed by atoms with E-state index in [1.165, 1.54) is 5.56 Å². The number of nitrogens with zero attached hydrogens (tertiary/aromatic N) is 2. The summed E-state index contributed by atoms with van der Waals surface area (Å²) >= 11 is 0. The molecule has 0 saturated heterocycles. The van der Waals surface area contributed by atoms with Gasteiger partial charge in [0.1, 0.15) is 0 Å². The van der Waals surface area contributed by atoms with Gasteiger partial charge in [-0.1, -0.05) is 29.8 Å². The molecule has 1 rings (SSSR count). The number of hydrogen-bond acceptors (Lipinski definition) is 2. The molecule has 0 saturated carbocycles. The van der Waals surface area contributed by atoms with E-state index in [0.29, 0.717) is 0 Å². The average molecular weight is 188 g/mol. The Morgan fingerprint density at radius 2 is 1.50 bits per heavy atom. The summed E-state index contributed by atoms with van der Waals surface area (Å²) in [5.74, 6) is 0. The van der Waals surface area contributed by atoms with Crippen molar-refractivity contribution in [2.45, 2.75) is 27.7 Å². The van der Waals surface area contributed by atoms with E-state index in [9.17, 15) is 0 Å². The lowest BCUT2D eigenvalue weighted by Crippen LogP contribution is -1.93. The minimum atomic E-state index is 0.950. The highest BCUT2D eigenvalue weighted by molar-refractivity contribution is 5.99. The first-order chi connectivity index (χ1) is 6.59. The first-order valence-corrected chi connectivity index (χ1v) is 4.72. The smallest absolute Gasteiger partial charge is 0.0671 e. The van der Waals surface area contributed by atoms with Gasteiger partial charge in [-0.15, -0.1) is 0 Å². The van der Waals surface area contributed by atoms with Crippen molar-refractivity contribution in [1.82, 2.24) is 0 Å². The average Bonchev–Trinajstić information content (AvgIpc) is 2.15. The van der Waals surface area contributed by atoms with Gasteiger partial charge >= 0.3 is 0 Å². The maximum atomic E-state index is 4.13. The van der Waals surface area contributed by atoms with Crippen LogP contribution in [0.5, 0.6) is 0 Å². The lowest BCUT2D eigenvalue weighted by molar-refractivity contribution is 1.21. The Labute approximate surface area is 85.4 Å². The zero-order valence-electron chi connectivity index (χ0n) is 9.20. The fourth-order valence-electron chi connectivity index (χ4n) is 1.03. The molecule has 0 heterocycles. The van der Waals surface area contributed by atoms with Crippen molar-refractivity contribution in [2.24, 2.45) is 10.2 Å². The van der Waals surface area contributed by atoms with Gasteiger partial charge in [-0.3, -0.25) is 0 Å². The Kier molecular flexibility index (Phi) is 3.57. The highest BCUT2D eigenvalue weighted by atomic mass is 15.2. The summed E-state index contributed by atoms with van der Waals surface area (Å²) in [7, 11) is 0. The van der Waals surface area contributed by atoms with Crippen LogP contribution in [0.15, 0.2) is 34.5 Å². The minimum Gasteiger partial charge on any atom is -0.160 e. The predicted octanol–water partition coefficient (Wildman–Crippen LogP) is 3.20. The van der Waals surface area contributed by atoms with Gasteiger partial charge in [0.2, 0.25) is 0 Å². The molecule has 0 unspecified atom stereocenters. The molecular formula is C12H16N2. The van der Waals surface area contributed by atoms with Crippen LogP contribution >= 0.6 is 0 Å². The Balaban J connectivity index is 2.89. The highest BCUT2D eigenvalue weighted by Gasteiger charge is 1.95. The summed E-state index contributed by atoms with van der Waals surface area (Å²) in [6, 6.07) is 8.29. The largest absolute Gasteiger partial charge is 0.160 e. The Hall–Kier alpha value is -1.44. The van der Waals surface area contributed by atoms with Crippen LogP contribution in [0, 0.1) is 6.92 Å². The van der Waals surface area contributed by atoms with Crippen LogP contribution in [-0.2, 0) is 0 Å². The fraction of sp³-hybridized carbons (Fsp3) is 0.333. The van der Waals surface area contributed by atoms with Crippen LogP contribution in [0.25, 0.3) is 0 Å². The minimum absolute atomic E-state index is 0.950. The Morgan fingerprint density at radius 1 is 0.929 bits per heavy atom. The molecule has 0 aliphatic rings. The summed E-state index contributed by atoms with van der Waals surface area (Å²) in [5.41, 5.74) is 4.31. The molecule has 0 amide bonds. The van der Waals surface area contributed by atoms with E-state index in [2.05, 4.69) is 41.4 Å². The van der Waals surface area contributed by atoms with Gasteiger partial charge in [-0.05, 0) is 33.3 Å². The summed E-state index contributed by atoms with van der Waals surface area (Å²) in [5, 5.41) is 8.16. The van der Waals surface area contributed by atoms with E-state index in [0.717, 1.165) is 17.0 Å². The van der Waals surface area contributed by atoms with E-state index >= 15 is 0 Å². The van der Waals surface area contributed by atoms with Crippen LogP contribution < -0.4 is 0 Å². The van der Waals surface area contributed by atoms with Crippen molar-refractivity contribution >= 4 is 11.4 Å². The van der Waals surface area contributed by atoms with Crippen molar-refractivity contribution in [3.63, 3.8) is 0 Å². The van der Waals surface area contributed by atoms with E-state index in [1.54, 1.807) is 0 Å². The van der Waals surface area contributed by atoms with E-state index in [1.807, 2.05) is 20.8 Å². The topological polar surface area (TPSA) is 24.7 Å². The molecule has 1 aromatic carbocycles. The maximum absolute atomic E-state index is 4.13. The normalized spacial score (nSPS) is 11.3. The van der Waals surface area contributed by atoms with Gasteiger partial charge in [-0.25, -0.2) is 0 Å². The monoisotopic (exact) mass is 188 g/mol. The van der Waals surface area contributed by atoms with Gasteiger partial charge in [0.05, 0.1) is 5.71 Å². The third kappa shape index (κ3) is 3.13. The molecule has 0 fully saturated rings. The third-order valence-corrected chi connectivity index (χ3v) is 1.87. The van der Waals surface area contributed by atoms with Crippen LogP contribution in [0.3, 0.4) is 0 Å². The number of hydrogen-bond donors (Lipinski definition) is 0. The lowest BCUT2D eigenvalue weighted by atomic mass is 10.1. The number of benzene rings is 1. The molecule has 0 spiro atoms. The first kappa shape index (κ1) is 10.6. The standard InChI is InChI=1S/C12H16N2/c1-9(2)13-14-11(4)12-7-5-10(3)6-8-12/h5-8H,1-4H3/b14-11+. The third-order valence-electron chi connectivity index (χ3n) is 1.87. The molecule has 0 aromatic heterocycles. The predicted molar refractivity (Wildman–Crippen MR) is 62.2 cm³/mol. The summed E-state index contributed by atoms with van der Waals surface area (Å²) in [6.07, 6.45) is 0. The lowest BCUT2D eigenvalue weighted by Gasteiger charge is -1.99. The molecule has 2 nitrogen and oxygen atoms in total. The number of aryl methyl sites for hydroxylation is 1. The van der Waals surface area contributed by atoms with Crippen LogP contribution in [0.1, 0.15) is 31.9 Å². The Bertz CT molecular complexity index is 354. The quantitative estimate of drug-likeness (QED) is 0.503. The van der Waals surface area contributed by atoms with E-state index in [-0.39, 0.29) is 0 Å². The fourth-order valence-corrected chi connectivity index (χ4v) is 1.03. The maximum Gasteiger partial charge on any atom is 0.0671 e. The summed E-state index contributed by atoms with van der Waals surface area (Å²) < 4.78 is 0. The molecule has 0 bridgehead atoms. The second kappa shape index (κ2) is 4.70. The SMILES string of the molecule is CC(C)=N/N=C(\C)c1ccc(C)cc1. The van der Waals surface area contributed by atoms with Crippen molar-refractivity contribution in [3.8, 4) is 0 Å². The van der Waals surface area contributed by atoms with Crippen molar-refractivity contribution in [1.29, 1.82) is 0 Å². The second-order valence-electron chi connectivity index (χ2n) is 3.60. The molecule has 2 heteroatoms. The first-order valence-electron chi connectivity index (χ1n) is 4.72. The molecule has 0 N–H and O–H groups in total. The van der Waals surface area contributed by atoms with Crippen molar-refractivity contribution < 1.29 is 0 Å². The van der Waals surface area contributed by atoms with Crippen LogP contribution in [0.2, 0.25) is 0 Å². The zero-order valence-corrected chi connectivity index (χ0v) is 9.20. The molecule has 0 aliphatic heterocycles. The van der Waals surface area contributed by atoms with Gasteiger partial charge in [0.25, 0.3) is 0 Å². The van der Waals surface area contributed by atoms with Gasteiger partial charge in [0.15, 0.2) is 0 Å². The van der Waals surface area contributed by atoms with Crippen LogP contribution in [-0.4, -0.2) is 11.4 Å². The highest BCUT2D eigenvalue weighted by Crippen LogP contribution is 2.04. The molecule has 14 heavy (non-hydrogen) atoms. The molecule has 74 valence electrons. The van der Waals surface area contributed by atoms with E-state index < -0.39 is 0 Å². The van der Waals surface area contributed by atoms with Gasteiger partial charge < -0.3 is 0 Å². The number of rotatable bonds is 2. The van der Waals surface area contributed by atoms with Crippen molar-refractivity contribution in [2.75, 3.05) is 0 Å². The van der Waals surface area contributed by atoms with Gasteiger partial charge in [-0.2, -0.15) is 10.2 Å². The summed E-state index contributed by atoms with van der Waals surface area (Å²) in [6.45, 7) is 7.92. The molecule has 0 aliphatic carbocycles. The molecule has 0 atom stereocenters. The molecule has 0 radical (unpaired) electrons. The van der Waals surface area contributed by atoms with Crippen LogP contribution in [0.4, 0.5) is 0 Å². The van der Waals surface area contributed by atoms with Crippen molar-refractivity contribution in [3.05, 3.63) is 35.4 Å². The second-order valence-corrected chi connectivity index (χ2v) is 3.60. The zero-order chi connectivity index (χ0) is 10.6. The molecular weight excluding hydrogens is 172 g/mol. The van der Waals surface area contributed by atoms with Gasteiger partial charge in [0, 0.05) is 5.71 Å². The Morgan fingerprint density at radius 3 is 2.00 bits per heavy atom. The van der Waals surface area contributed by atoms with E-state index in [4.69, 9.17) is 0 Å².